The summed E-state index contributed by atoms with van der Waals surface area (Å²) in [5, 5.41) is 1.59. The SMILES string of the molecule is Cc1ccccc1Oc1ccccc1[PH](=O)c1ccccc1. The third-order valence-corrected chi connectivity index (χ3v) is 5.24. The predicted octanol–water partition coefficient (Wildman–Crippen LogP) is 4.30. The molecule has 1 unspecified atom stereocenters. The van der Waals surface area contributed by atoms with Gasteiger partial charge in [-0.1, -0.05) is 60.7 Å². The minimum absolute atomic E-state index is 0.657. The molecule has 3 aromatic rings. The lowest BCUT2D eigenvalue weighted by molar-refractivity contribution is 0.482. The van der Waals surface area contributed by atoms with Crippen LogP contribution in [0.5, 0.6) is 11.5 Å². The first kappa shape index (κ1) is 14.6. The fourth-order valence-corrected chi connectivity index (χ4v) is 3.69. The van der Waals surface area contributed by atoms with Gasteiger partial charge in [0.05, 0.1) is 5.30 Å². The maximum absolute atomic E-state index is 12.8. The summed E-state index contributed by atoms with van der Waals surface area (Å²) in [7, 11) is -2.08. The normalized spacial score (nSPS) is 11.9. The van der Waals surface area contributed by atoms with Gasteiger partial charge in [0.15, 0.2) is 0 Å². The van der Waals surface area contributed by atoms with Gasteiger partial charge in [0.1, 0.15) is 19.3 Å². The molecule has 0 saturated carbocycles. The van der Waals surface area contributed by atoms with Gasteiger partial charge < -0.3 is 9.30 Å². The fraction of sp³-hybridized carbons (Fsp3) is 0.0526. The molecule has 3 aromatic carbocycles. The van der Waals surface area contributed by atoms with Crippen LogP contribution >= 0.6 is 7.80 Å². The Bertz CT molecular complexity index is 797. The second kappa shape index (κ2) is 6.64. The van der Waals surface area contributed by atoms with Gasteiger partial charge in [-0.25, -0.2) is 0 Å². The summed E-state index contributed by atoms with van der Waals surface area (Å²) in [5.41, 5.74) is 1.05. The van der Waals surface area contributed by atoms with Crippen molar-refractivity contribution in [3.05, 3.63) is 84.4 Å². The second-order valence-electron chi connectivity index (χ2n) is 5.06. The molecule has 0 aliphatic rings. The summed E-state index contributed by atoms with van der Waals surface area (Å²) >= 11 is 0. The molecule has 0 radical (unpaired) electrons. The van der Waals surface area contributed by atoms with Gasteiger partial charge in [-0.2, -0.15) is 0 Å². The van der Waals surface area contributed by atoms with E-state index in [1.165, 1.54) is 0 Å². The molecule has 3 rings (SSSR count). The Morgan fingerprint density at radius 2 is 1.32 bits per heavy atom. The van der Waals surface area contributed by atoms with Crippen molar-refractivity contribution in [1.82, 2.24) is 0 Å². The Balaban J connectivity index is 1.97. The van der Waals surface area contributed by atoms with Gasteiger partial charge in [0.25, 0.3) is 0 Å². The number of aryl methyl sites for hydroxylation is 1. The minimum Gasteiger partial charge on any atom is -0.456 e. The van der Waals surface area contributed by atoms with Crippen LogP contribution in [-0.4, -0.2) is 0 Å². The average molecular weight is 308 g/mol. The average Bonchev–Trinajstić information content (AvgIpc) is 2.58. The molecule has 0 bridgehead atoms. The van der Waals surface area contributed by atoms with Crippen LogP contribution in [0.4, 0.5) is 0 Å². The van der Waals surface area contributed by atoms with Crippen LogP contribution in [0.1, 0.15) is 5.56 Å². The zero-order valence-corrected chi connectivity index (χ0v) is 13.3. The summed E-state index contributed by atoms with van der Waals surface area (Å²) in [4.78, 5) is 0. The summed E-state index contributed by atoms with van der Waals surface area (Å²) in [6.45, 7) is 2.00. The van der Waals surface area contributed by atoms with Crippen molar-refractivity contribution < 1.29 is 9.30 Å². The van der Waals surface area contributed by atoms with E-state index in [2.05, 4.69) is 0 Å². The van der Waals surface area contributed by atoms with Crippen LogP contribution in [0, 0.1) is 6.92 Å². The Kier molecular flexibility index (Phi) is 4.41. The van der Waals surface area contributed by atoms with Crippen LogP contribution in [0.15, 0.2) is 78.9 Å². The number of hydrogen-bond donors (Lipinski definition) is 0. The van der Waals surface area contributed by atoms with E-state index in [9.17, 15) is 4.57 Å². The molecule has 0 amide bonds. The molecule has 0 N–H and O–H groups in total. The van der Waals surface area contributed by atoms with Crippen LogP contribution < -0.4 is 15.3 Å². The molecular weight excluding hydrogens is 291 g/mol. The predicted molar refractivity (Wildman–Crippen MR) is 92.4 cm³/mol. The molecule has 1 atom stereocenters. The van der Waals surface area contributed by atoms with Gasteiger partial charge >= 0.3 is 0 Å². The lowest BCUT2D eigenvalue weighted by atomic mass is 10.2. The van der Waals surface area contributed by atoms with Crippen molar-refractivity contribution in [3.63, 3.8) is 0 Å². The van der Waals surface area contributed by atoms with Crippen molar-refractivity contribution in [2.45, 2.75) is 6.92 Å². The second-order valence-corrected chi connectivity index (χ2v) is 6.83. The first-order valence-electron chi connectivity index (χ1n) is 7.18. The Hall–Kier alpha value is -2.31. The maximum atomic E-state index is 12.8. The Labute approximate surface area is 131 Å². The number of para-hydroxylation sites is 2. The molecule has 0 aliphatic carbocycles. The highest BCUT2D eigenvalue weighted by Gasteiger charge is 2.13. The van der Waals surface area contributed by atoms with Gasteiger partial charge in [-0.15, -0.1) is 0 Å². The molecule has 110 valence electrons. The molecule has 0 aromatic heterocycles. The molecule has 3 heteroatoms. The maximum Gasteiger partial charge on any atom is 0.138 e. The largest absolute Gasteiger partial charge is 0.456 e. The number of ether oxygens (including phenoxy) is 1. The first-order valence-corrected chi connectivity index (χ1v) is 8.59. The zero-order valence-electron chi connectivity index (χ0n) is 12.3. The molecule has 0 fully saturated rings. The Morgan fingerprint density at radius 1 is 0.727 bits per heavy atom. The first-order chi connectivity index (χ1) is 10.8. The molecule has 2 nitrogen and oxygen atoms in total. The quantitative estimate of drug-likeness (QED) is 0.672. The van der Waals surface area contributed by atoms with E-state index in [1.807, 2.05) is 85.8 Å². The smallest absolute Gasteiger partial charge is 0.138 e. The van der Waals surface area contributed by atoms with E-state index in [4.69, 9.17) is 4.74 Å². The summed E-state index contributed by atoms with van der Waals surface area (Å²) in [5.74, 6) is 1.45. The number of rotatable bonds is 4. The van der Waals surface area contributed by atoms with Gasteiger partial charge in [0, 0.05) is 5.30 Å². The molecule has 0 spiro atoms. The van der Waals surface area contributed by atoms with Crippen molar-refractivity contribution >= 4 is 18.4 Å². The van der Waals surface area contributed by atoms with Crippen molar-refractivity contribution in [3.8, 4) is 11.5 Å². The van der Waals surface area contributed by atoms with Gasteiger partial charge in [0.2, 0.25) is 0 Å². The van der Waals surface area contributed by atoms with E-state index >= 15 is 0 Å². The highest BCUT2D eigenvalue weighted by molar-refractivity contribution is 7.61. The third-order valence-electron chi connectivity index (χ3n) is 3.48. The van der Waals surface area contributed by atoms with E-state index < -0.39 is 7.80 Å². The molecule has 0 saturated heterocycles. The molecule has 0 aliphatic heterocycles. The molecular formula is C19H17O2P. The van der Waals surface area contributed by atoms with Crippen LogP contribution in [0.25, 0.3) is 0 Å². The van der Waals surface area contributed by atoms with E-state index in [0.29, 0.717) is 5.75 Å². The number of benzene rings is 3. The highest BCUT2D eigenvalue weighted by atomic mass is 31.1. The van der Waals surface area contributed by atoms with Gasteiger partial charge in [-0.05, 0) is 30.7 Å². The van der Waals surface area contributed by atoms with E-state index in [-0.39, 0.29) is 0 Å². The molecule has 22 heavy (non-hydrogen) atoms. The lowest BCUT2D eigenvalue weighted by Crippen LogP contribution is -2.09. The number of hydrogen-bond acceptors (Lipinski definition) is 2. The minimum atomic E-state index is -2.08. The van der Waals surface area contributed by atoms with Crippen molar-refractivity contribution in [2.24, 2.45) is 0 Å². The van der Waals surface area contributed by atoms with Crippen LogP contribution in [0.2, 0.25) is 0 Å². The zero-order chi connectivity index (χ0) is 15.4. The van der Waals surface area contributed by atoms with Crippen LogP contribution in [0.3, 0.4) is 0 Å². The standard InChI is InChI=1S/C19H17O2P/c1-15-9-5-6-12-17(15)21-18-13-7-8-14-19(18)22(20)16-10-3-2-4-11-16/h2-14,22H,1H3. The van der Waals surface area contributed by atoms with E-state index in [1.54, 1.807) is 0 Å². The lowest BCUT2D eigenvalue weighted by Gasteiger charge is -2.12. The Morgan fingerprint density at radius 3 is 2.05 bits per heavy atom. The topological polar surface area (TPSA) is 26.3 Å². The monoisotopic (exact) mass is 308 g/mol. The fourth-order valence-electron chi connectivity index (χ4n) is 2.28. The summed E-state index contributed by atoms with van der Waals surface area (Å²) in [6, 6.07) is 24.9. The summed E-state index contributed by atoms with van der Waals surface area (Å²) < 4.78 is 18.9. The van der Waals surface area contributed by atoms with Crippen molar-refractivity contribution in [2.75, 3.05) is 0 Å². The van der Waals surface area contributed by atoms with E-state index in [0.717, 1.165) is 21.9 Å². The highest BCUT2D eigenvalue weighted by Crippen LogP contribution is 2.30. The van der Waals surface area contributed by atoms with Crippen molar-refractivity contribution in [1.29, 1.82) is 0 Å². The third kappa shape index (κ3) is 3.13. The van der Waals surface area contributed by atoms with Crippen LogP contribution in [-0.2, 0) is 4.57 Å². The van der Waals surface area contributed by atoms with Gasteiger partial charge in [-0.3, -0.25) is 0 Å². The summed E-state index contributed by atoms with van der Waals surface area (Å²) in [6.07, 6.45) is 0. The molecule has 0 heterocycles.